The number of carbonyl (C=O) groups excluding carboxylic acids is 1. The second kappa shape index (κ2) is 8.95. The van der Waals surface area contributed by atoms with Crippen molar-refractivity contribution >= 4 is 38.9 Å². The first-order valence-electron chi connectivity index (χ1n) is 8.73. The van der Waals surface area contributed by atoms with Crippen molar-refractivity contribution < 1.29 is 13.2 Å². The van der Waals surface area contributed by atoms with E-state index in [0.29, 0.717) is 10.6 Å². The van der Waals surface area contributed by atoms with Crippen LogP contribution in [0.1, 0.15) is 26.7 Å². The van der Waals surface area contributed by atoms with E-state index in [1.165, 1.54) is 18.3 Å². The van der Waals surface area contributed by atoms with Gasteiger partial charge < -0.3 is 5.32 Å². The molecule has 0 radical (unpaired) electrons. The molecule has 0 aliphatic rings. The number of sulfone groups is 1. The summed E-state index contributed by atoms with van der Waals surface area (Å²) in [7, 11) is -3.77. The Morgan fingerprint density at radius 3 is 2.45 bits per heavy atom. The fraction of sp³-hybridized carbons (Fsp3) is 0.143. The van der Waals surface area contributed by atoms with Crippen molar-refractivity contribution in [2.75, 3.05) is 6.54 Å². The van der Waals surface area contributed by atoms with Gasteiger partial charge in [0.05, 0.1) is 15.5 Å². The topological polar surface area (TPSA) is 76.1 Å². The van der Waals surface area contributed by atoms with Crippen LogP contribution in [0.2, 0.25) is 10.0 Å². The number of pyridine rings is 1. The van der Waals surface area contributed by atoms with Crippen LogP contribution in [0.15, 0.2) is 71.9 Å². The predicted molar refractivity (Wildman–Crippen MR) is 114 cm³/mol. The largest absolute Gasteiger partial charge is 0.350 e. The number of nitrogens with one attached hydrogen (secondary N) is 1. The zero-order valence-corrected chi connectivity index (χ0v) is 17.8. The van der Waals surface area contributed by atoms with Crippen LogP contribution >= 0.6 is 23.2 Å². The summed E-state index contributed by atoms with van der Waals surface area (Å²) in [4.78, 5) is 16.8. The highest BCUT2D eigenvalue weighted by molar-refractivity contribution is 7.91. The molecule has 0 saturated heterocycles. The smallest absolute Gasteiger partial charge is 0.252 e. The number of rotatable bonds is 6. The average molecular weight is 449 g/mol. The maximum atomic E-state index is 13.3. The molecular weight excluding hydrogens is 431 g/mol. The molecule has 1 atom stereocenters. The molecule has 0 fully saturated rings. The maximum Gasteiger partial charge on any atom is 0.252 e. The van der Waals surface area contributed by atoms with Crippen LogP contribution in [0.25, 0.3) is 0 Å². The summed E-state index contributed by atoms with van der Waals surface area (Å²) in [5.74, 6) is -0.486. The number of aromatic nitrogens is 1. The minimum absolute atomic E-state index is 0.139. The highest BCUT2D eigenvalue weighted by Gasteiger charge is 2.30. The van der Waals surface area contributed by atoms with E-state index < -0.39 is 21.0 Å². The Hall–Kier alpha value is -2.41. The van der Waals surface area contributed by atoms with Crippen LogP contribution in [-0.4, -0.2) is 25.9 Å². The molecule has 3 rings (SSSR count). The Morgan fingerprint density at radius 2 is 1.83 bits per heavy atom. The first-order valence-corrected chi connectivity index (χ1v) is 11.0. The van der Waals surface area contributed by atoms with Gasteiger partial charge >= 0.3 is 0 Å². The van der Waals surface area contributed by atoms with Gasteiger partial charge in [0, 0.05) is 24.0 Å². The highest BCUT2D eigenvalue weighted by Crippen LogP contribution is 2.29. The lowest BCUT2D eigenvalue weighted by Gasteiger charge is -2.19. The zero-order chi connectivity index (χ0) is 21.0. The minimum Gasteiger partial charge on any atom is -0.350 e. The SMILES string of the molecule is Cc1ccc(S(=O)(=O)[C@@H](CNC(=O)c2ccc(Cl)cc2Cl)c2cccnc2)cc1. The third kappa shape index (κ3) is 4.96. The minimum atomic E-state index is -3.77. The van der Waals surface area contributed by atoms with E-state index in [9.17, 15) is 13.2 Å². The number of aryl methyl sites for hydroxylation is 1. The third-order valence-electron chi connectivity index (χ3n) is 4.40. The van der Waals surface area contributed by atoms with Gasteiger partial charge in [0.2, 0.25) is 0 Å². The van der Waals surface area contributed by atoms with Crippen LogP contribution in [0.5, 0.6) is 0 Å². The zero-order valence-electron chi connectivity index (χ0n) is 15.5. The summed E-state index contributed by atoms with van der Waals surface area (Å²) in [6.07, 6.45) is 3.04. The standard InChI is InChI=1S/C21H18Cl2N2O3S/c1-14-4-7-17(8-5-14)29(27,28)20(15-3-2-10-24-12-15)13-25-21(26)18-9-6-16(22)11-19(18)23/h2-12,20H,13H2,1H3,(H,25,26)/t20-/m0/s1. The van der Waals surface area contributed by atoms with Crippen molar-refractivity contribution in [2.24, 2.45) is 0 Å². The molecule has 150 valence electrons. The molecule has 0 unspecified atom stereocenters. The molecule has 1 heterocycles. The van der Waals surface area contributed by atoms with E-state index in [2.05, 4.69) is 10.3 Å². The van der Waals surface area contributed by atoms with Gasteiger partial charge in [-0.1, -0.05) is 47.0 Å². The number of benzene rings is 2. The van der Waals surface area contributed by atoms with Crippen molar-refractivity contribution in [3.63, 3.8) is 0 Å². The molecule has 3 aromatic rings. The Morgan fingerprint density at radius 1 is 1.10 bits per heavy atom. The van der Waals surface area contributed by atoms with Crippen LogP contribution in [0, 0.1) is 6.92 Å². The van der Waals surface area contributed by atoms with Crippen LogP contribution in [-0.2, 0) is 9.84 Å². The van der Waals surface area contributed by atoms with E-state index in [4.69, 9.17) is 23.2 Å². The Labute approximate surface area is 179 Å². The fourth-order valence-electron chi connectivity index (χ4n) is 2.82. The molecule has 5 nitrogen and oxygen atoms in total. The van der Waals surface area contributed by atoms with Crippen molar-refractivity contribution in [1.29, 1.82) is 0 Å². The quantitative estimate of drug-likeness (QED) is 0.595. The van der Waals surface area contributed by atoms with Crippen LogP contribution in [0.4, 0.5) is 0 Å². The van der Waals surface area contributed by atoms with E-state index in [-0.39, 0.29) is 22.0 Å². The van der Waals surface area contributed by atoms with Crippen molar-refractivity contribution in [3.8, 4) is 0 Å². The van der Waals surface area contributed by atoms with Crippen LogP contribution < -0.4 is 5.32 Å². The lowest BCUT2D eigenvalue weighted by atomic mass is 10.2. The van der Waals surface area contributed by atoms with E-state index in [1.54, 1.807) is 48.7 Å². The molecule has 0 saturated carbocycles. The van der Waals surface area contributed by atoms with E-state index >= 15 is 0 Å². The molecule has 8 heteroatoms. The van der Waals surface area contributed by atoms with Gasteiger partial charge in [-0.3, -0.25) is 9.78 Å². The summed E-state index contributed by atoms with van der Waals surface area (Å²) in [5, 5.41) is 2.26. The summed E-state index contributed by atoms with van der Waals surface area (Å²) in [6, 6.07) is 14.4. The Bertz CT molecular complexity index is 1120. The van der Waals surface area contributed by atoms with Crippen molar-refractivity contribution in [3.05, 3.63) is 93.7 Å². The van der Waals surface area contributed by atoms with E-state index in [0.717, 1.165) is 5.56 Å². The first-order chi connectivity index (χ1) is 13.8. The Balaban J connectivity index is 1.90. The summed E-state index contributed by atoms with van der Waals surface area (Å²) in [6.45, 7) is 1.74. The molecule has 1 N–H and O–H groups in total. The summed E-state index contributed by atoms with van der Waals surface area (Å²) >= 11 is 11.9. The lowest BCUT2D eigenvalue weighted by molar-refractivity contribution is 0.0954. The lowest BCUT2D eigenvalue weighted by Crippen LogP contribution is -2.32. The molecule has 1 aromatic heterocycles. The molecule has 1 amide bonds. The second-order valence-electron chi connectivity index (χ2n) is 6.47. The summed E-state index contributed by atoms with van der Waals surface area (Å²) in [5.41, 5.74) is 1.65. The monoisotopic (exact) mass is 448 g/mol. The molecule has 0 aliphatic heterocycles. The molecular formula is C21H18Cl2N2O3S. The van der Waals surface area contributed by atoms with Gasteiger partial charge in [-0.25, -0.2) is 8.42 Å². The fourth-order valence-corrected chi connectivity index (χ4v) is 4.96. The van der Waals surface area contributed by atoms with Gasteiger partial charge in [-0.2, -0.15) is 0 Å². The number of carbonyl (C=O) groups is 1. The number of nitrogens with zero attached hydrogens (tertiary/aromatic N) is 1. The normalized spacial score (nSPS) is 12.4. The van der Waals surface area contributed by atoms with Gasteiger partial charge in [0.1, 0.15) is 5.25 Å². The van der Waals surface area contributed by atoms with Gasteiger partial charge in [0.15, 0.2) is 9.84 Å². The van der Waals surface area contributed by atoms with Crippen molar-refractivity contribution in [2.45, 2.75) is 17.1 Å². The van der Waals surface area contributed by atoms with Crippen LogP contribution in [0.3, 0.4) is 0 Å². The number of halogens is 2. The predicted octanol–water partition coefficient (Wildman–Crippen LogP) is 4.64. The molecule has 29 heavy (non-hydrogen) atoms. The Kier molecular flexibility index (Phi) is 6.57. The first kappa shape index (κ1) is 21.3. The van der Waals surface area contributed by atoms with Gasteiger partial charge in [-0.05, 0) is 48.9 Å². The molecule has 0 spiro atoms. The summed E-state index contributed by atoms with van der Waals surface area (Å²) < 4.78 is 26.6. The van der Waals surface area contributed by atoms with Crippen molar-refractivity contribution in [1.82, 2.24) is 10.3 Å². The highest BCUT2D eigenvalue weighted by atomic mass is 35.5. The maximum absolute atomic E-state index is 13.3. The molecule has 2 aromatic carbocycles. The third-order valence-corrected chi connectivity index (χ3v) is 7.07. The van der Waals surface area contributed by atoms with Gasteiger partial charge in [-0.15, -0.1) is 0 Å². The van der Waals surface area contributed by atoms with Gasteiger partial charge in [0.25, 0.3) is 5.91 Å². The number of hydrogen-bond acceptors (Lipinski definition) is 4. The second-order valence-corrected chi connectivity index (χ2v) is 9.44. The number of amides is 1. The van der Waals surface area contributed by atoms with E-state index in [1.807, 2.05) is 6.92 Å². The average Bonchev–Trinajstić information content (AvgIpc) is 2.69. The molecule has 0 aliphatic carbocycles. The molecule has 0 bridgehead atoms. The number of hydrogen-bond donors (Lipinski definition) is 1.